The summed E-state index contributed by atoms with van der Waals surface area (Å²) in [7, 11) is 0. The third-order valence-electron chi connectivity index (χ3n) is 4.52. The Morgan fingerprint density at radius 2 is 2.04 bits per heavy atom. The van der Waals surface area contributed by atoms with E-state index >= 15 is 0 Å². The Morgan fingerprint density at radius 1 is 1.20 bits per heavy atom. The summed E-state index contributed by atoms with van der Waals surface area (Å²) < 4.78 is 13.1. The molecule has 4 rings (SSSR count). The summed E-state index contributed by atoms with van der Waals surface area (Å²) in [5.74, 6) is 0.911. The van der Waals surface area contributed by atoms with Crippen LogP contribution >= 0.6 is 0 Å². The molecule has 1 aliphatic rings. The van der Waals surface area contributed by atoms with Crippen LogP contribution in [0.2, 0.25) is 0 Å². The van der Waals surface area contributed by atoms with Crippen molar-refractivity contribution in [2.24, 2.45) is 0 Å². The molecule has 0 amide bonds. The third kappa shape index (κ3) is 3.23. The smallest absolute Gasteiger partial charge is 0.161 e. The lowest BCUT2D eigenvalue weighted by molar-refractivity contribution is -0.0819. The second-order valence-corrected chi connectivity index (χ2v) is 6.29. The van der Waals surface area contributed by atoms with Crippen LogP contribution in [0.25, 0.3) is 16.9 Å². The van der Waals surface area contributed by atoms with Crippen molar-refractivity contribution in [1.29, 1.82) is 0 Å². The Kier molecular flexibility index (Phi) is 4.38. The van der Waals surface area contributed by atoms with E-state index in [0.29, 0.717) is 26.4 Å². The number of aromatic nitrogens is 3. The van der Waals surface area contributed by atoms with Crippen molar-refractivity contribution in [2.45, 2.75) is 20.0 Å². The second-order valence-electron chi connectivity index (χ2n) is 6.29. The van der Waals surface area contributed by atoms with Crippen molar-refractivity contribution in [3.05, 3.63) is 47.7 Å². The fourth-order valence-electron chi connectivity index (χ4n) is 2.98. The van der Waals surface area contributed by atoms with Gasteiger partial charge in [0.15, 0.2) is 5.65 Å². The minimum Gasteiger partial charge on any atom is -0.376 e. The Bertz CT molecular complexity index is 870. The molecule has 0 spiro atoms. The van der Waals surface area contributed by atoms with Gasteiger partial charge in [0.2, 0.25) is 0 Å². The number of ether oxygens (including phenoxy) is 2. The van der Waals surface area contributed by atoms with Crippen LogP contribution in [0.5, 0.6) is 0 Å². The number of anilines is 1. The molecule has 0 radical (unpaired) electrons. The maximum atomic E-state index is 5.72. The van der Waals surface area contributed by atoms with Gasteiger partial charge < -0.3 is 14.8 Å². The van der Waals surface area contributed by atoms with Gasteiger partial charge in [0.25, 0.3) is 0 Å². The van der Waals surface area contributed by atoms with Crippen LogP contribution in [0.15, 0.2) is 36.4 Å². The number of fused-ring (bicyclic) bond motifs is 1. The molecule has 3 aromatic rings. The van der Waals surface area contributed by atoms with Crippen molar-refractivity contribution in [1.82, 2.24) is 14.6 Å². The second kappa shape index (κ2) is 6.82. The van der Waals surface area contributed by atoms with E-state index in [1.54, 1.807) is 0 Å². The molecule has 1 N–H and O–H groups in total. The molecule has 0 saturated carbocycles. The van der Waals surface area contributed by atoms with Gasteiger partial charge in [-0.3, -0.25) is 0 Å². The number of hydrogen-bond acceptors (Lipinski definition) is 5. The number of nitrogens with zero attached hydrogens (tertiary/aromatic N) is 3. The molecule has 1 fully saturated rings. The van der Waals surface area contributed by atoms with E-state index in [-0.39, 0.29) is 6.10 Å². The normalized spacial score (nSPS) is 17.8. The highest BCUT2D eigenvalue weighted by atomic mass is 16.6. The number of aryl methyl sites for hydroxylation is 2. The SMILES string of the molecule is Cc1nn2c(NC[C@@H]3COCCO3)cc(-c3ccccc3)nc2c1C. The minimum atomic E-state index is 0.0508. The highest BCUT2D eigenvalue weighted by Crippen LogP contribution is 2.24. The molecule has 0 aliphatic carbocycles. The van der Waals surface area contributed by atoms with Crippen LogP contribution in [0.3, 0.4) is 0 Å². The van der Waals surface area contributed by atoms with Crippen molar-refractivity contribution in [2.75, 3.05) is 31.7 Å². The first-order valence-corrected chi connectivity index (χ1v) is 8.58. The van der Waals surface area contributed by atoms with Crippen molar-refractivity contribution in [3.8, 4) is 11.3 Å². The maximum absolute atomic E-state index is 5.72. The van der Waals surface area contributed by atoms with Gasteiger partial charge in [0.1, 0.15) is 5.82 Å². The van der Waals surface area contributed by atoms with E-state index in [0.717, 1.165) is 34.0 Å². The largest absolute Gasteiger partial charge is 0.376 e. The monoisotopic (exact) mass is 338 g/mol. The fourth-order valence-corrected chi connectivity index (χ4v) is 2.98. The summed E-state index contributed by atoms with van der Waals surface area (Å²) in [6.45, 7) is 6.67. The topological polar surface area (TPSA) is 60.7 Å². The van der Waals surface area contributed by atoms with E-state index in [4.69, 9.17) is 14.5 Å². The number of hydrogen-bond donors (Lipinski definition) is 1. The van der Waals surface area contributed by atoms with Crippen LogP contribution in [0.1, 0.15) is 11.3 Å². The molecular weight excluding hydrogens is 316 g/mol. The number of rotatable bonds is 4. The number of benzene rings is 1. The summed E-state index contributed by atoms with van der Waals surface area (Å²) in [4.78, 5) is 4.83. The molecule has 25 heavy (non-hydrogen) atoms. The molecule has 0 bridgehead atoms. The quantitative estimate of drug-likeness (QED) is 0.793. The highest BCUT2D eigenvalue weighted by molar-refractivity contribution is 5.68. The van der Waals surface area contributed by atoms with Crippen molar-refractivity contribution in [3.63, 3.8) is 0 Å². The lowest BCUT2D eigenvalue weighted by atomic mass is 10.1. The van der Waals surface area contributed by atoms with Gasteiger partial charge in [-0.1, -0.05) is 30.3 Å². The summed E-state index contributed by atoms with van der Waals surface area (Å²) in [6.07, 6.45) is 0.0508. The average Bonchev–Trinajstić information content (AvgIpc) is 2.96. The zero-order valence-corrected chi connectivity index (χ0v) is 14.5. The molecule has 3 heterocycles. The molecule has 0 unspecified atom stereocenters. The highest BCUT2D eigenvalue weighted by Gasteiger charge is 2.17. The average molecular weight is 338 g/mol. The van der Waals surface area contributed by atoms with Crippen LogP contribution in [0, 0.1) is 13.8 Å². The van der Waals surface area contributed by atoms with Gasteiger partial charge in [-0.15, -0.1) is 0 Å². The zero-order valence-electron chi connectivity index (χ0n) is 14.5. The molecule has 130 valence electrons. The third-order valence-corrected chi connectivity index (χ3v) is 4.52. The van der Waals surface area contributed by atoms with Crippen LogP contribution in [-0.4, -0.2) is 47.1 Å². The van der Waals surface area contributed by atoms with Gasteiger partial charge in [-0.05, 0) is 13.8 Å². The first-order valence-electron chi connectivity index (χ1n) is 8.58. The van der Waals surface area contributed by atoms with Crippen LogP contribution in [-0.2, 0) is 9.47 Å². The molecule has 6 nitrogen and oxygen atoms in total. The van der Waals surface area contributed by atoms with Gasteiger partial charge in [-0.25, -0.2) is 4.98 Å². The zero-order chi connectivity index (χ0) is 17.2. The Labute approximate surface area is 146 Å². The summed E-state index contributed by atoms with van der Waals surface area (Å²) >= 11 is 0. The first-order chi connectivity index (χ1) is 12.2. The number of nitrogens with one attached hydrogen (secondary N) is 1. The van der Waals surface area contributed by atoms with Crippen LogP contribution < -0.4 is 5.32 Å². The summed E-state index contributed by atoms with van der Waals surface area (Å²) in [5.41, 5.74) is 4.97. The van der Waals surface area contributed by atoms with Crippen molar-refractivity contribution >= 4 is 11.5 Å². The summed E-state index contributed by atoms with van der Waals surface area (Å²) in [5, 5.41) is 8.09. The predicted molar refractivity (Wildman–Crippen MR) is 96.9 cm³/mol. The fraction of sp³-hybridized carbons (Fsp3) is 0.368. The molecule has 6 heteroatoms. The lowest BCUT2D eigenvalue weighted by Gasteiger charge is -2.23. The molecule has 1 aliphatic heterocycles. The molecule has 2 aromatic heterocycles. The van der Waals surface area contributed by atoms with Gasteiger partial charge in [-0.2, -0.15) is 9.61 Å². The Hall–Kier alpha value is -2.44. The van der Waals surface area contributed by atoms with E-state index in [9.17, 15) is 0 Å². The van der Waals surface area contributed by atoms with Gasteiger partial charge in [0.05, 0.1) is 37.3 Å². The van der Waals surface area contributed by atoms with E-state index in [1.165, 1.54) is 0 Å². The molecule has 1 aromatic carbocycles. The summed E-state index contributed by atoms with van der Waals surface area (Å²) in [6, 6.07) is 12.2. The Balaban J connectivity index is 1.71. The van der Waals surface area contributed by atoms with Gasteiger partial charge >= 0.3 is 0 Å². The van der Waals surface area contributed by atoms with E-state index < -0.39 is 0 Å². The molecule has 1 saturated heterocycles. The van der Waals surface area contributed by atoms with E-state index in [2.05, 4.69) is 29.5 Å². The standard InChI is InChI=1S/C19H22N4O2/c1-13-14(2)22-23-18(20-11-16-12-24-8-9-25-16)10-17(21-19(13)23)15-6-4-3-5-7-15/h3-7,10,16,20H,8-9,11-12H2,1-2H3/t16-/m1/s1. The lowest BCUT2D eigenvalue weighted by Crippen LogP contribution is -2.34. The first kappa shape index (κ1) is 16.1. The minimum absolute atomic E-state index is 0.0508. The molecular formula is C19H22N4O2. The Morgan fingerprint density at radius 3 is 2.80 bits per heavy atom. The molecule has 1 atom stereocenters. The van der Waals surface area contributed by atoms with E-state index in [1.807, 2.05) is 35.7 Å². The van der Waals surface area contributed by atoms with Gasteiger partial charge in [0, 0.05) is 23.7 Å². The van der Waals surface area contributed by atoms with Crippen molar-refractivity contribution < 1.29 is 9.47 Å². The van der Waals surface area contributed by atoms with Crippen LogP contribution in [0.4, 0.5) is 5.82 Å². The maximum Gasteiger partial charge on any atom is 0.161 e. The predicted octanol–water partition coefficient (Wildman–Crippen LogP) is 2.84.